The first-order valence-corrected chi connectivity index (χ1v) is 19.6. The van der Waals surface area contributed by atoms with Gasteiger partial charge in [0.25, 0.3) is 0 Å². The monoisotopic (exact) mass is 730 g/mol. The lowest BCUT2D eigenvalue weighted by atomic mass is 9.69. The predicted molar refractivity (Wildman–Crippen MR) is 221 cm³/mol. The highest BCUT2D eigenvalue weighted by Gasteiger charge is 2.32. The largest absolute Gasteiger partial charge is 0.386 e. The van der Waals surface area contributed by atoms with Crippen LogP contribution >= 0.6 is 45.9 Å². The van der Waals surface area contributed by atoms with Crippen molar-refractivity contribution in [3.8, 4) is 0 Å². The molecule has 1 aliphatic carbocycles. The van der Waals surface area contributed by atoms with E-state index in [4.69, 9.17) is 23.2 Å². The van der Waals surface area contributed by atoms with Crippen LogP contribution in [0.25, 0.3) is 40.3 Å². The van der Waals surface area contributed by atoms with E-state index in [2.05, 4.69) is 123 Å². The molecule has 1 N–H and O–H groups in total. The molecular formula is C45H40Cl2OS2. The molecule has 9 rings (SSSR count). The van der Waals surface area contributed by atoms with Crippen LogP contribution < -0.4 is 0 Å². The van der Waals surface area contributed by atoms with Gasteiger partial charge < -0.3 is 5.11 Å². The van der Waals surface area contributed by atoms with Gasteiger partial charge in [0.2, 0.25) is 0 Å². The topological polar surface area (TPSA) is 20.2 Å². The van der Waals surface area contributed by atoms with Gasteiger partial charge in [0.1, 0.15) is 0 Å². The Morgan fingerprint density at radius 2 is 1.16 bits per heavy atom. The van der Waals surface area contributed by atoms with Crippen molar-refractivity contribution in [1.29, 1.82) is 0 Å². The second-order valence-electron chi connectivity index (χ2n) is 14.0. The SMILES string of the molecule is CC(C)(O)c1ccccc1Cc1ccc2c(c1)sc1ccccc12.CC1(C)c2ccccc2Cc2cc3sc4ccccc4c3cc21.ClCCl. The Kier molecular flexibility index (Phi) is 9.82. The number of alkyl halides is 2. The molecule has 50 heavy (non-hydrogen) atoms. The van der Waals surface area contributed by atoms with Crippen LogP contribution in [0.5, 0.6) is 0 Å². The van der Waals surface area contributed by atoms with Gasteiger partial charge in [-0.25, -0.2) is 0 Å². The van der Waals surface area contributed by atoms with E-state index in [1.165, 1.54) is 73.7 Å². The van der Waals surface area contributed by atoms with E-state index in [1.54, 1.807) is 0 Å². The molecule has 2 heterocycles. The lowest BCUT2D eigenvalue weighted by Crippen LogP contribution is -2.26. The first-order chi connectivity index (χ1) is 24.1. The maximum atomic E-state index is 10.4. The van der Waals surface area contributed by atoms with Gasteiger partial charge in [-0.2, -0.15) is 0 Å². The third-order valence-electron chi connectivity index (χ3n) is 9.86. The molecule has 2 aromatic heterocycles. The van der Waals surface area contributed by atoms with E-state index in [-0.39, 0.29) is 10.8 Å². The predicted octanol–water partition coefficient (Wildman–Crippen LogP) is 13.6. The molecule has 0 bridgehead atoms. The number of hydrogen-bond donors (Lipinski definition) is 1. The molecule has 0 amide bonds. The fourth-order valence-electron chi connectivity index (χ4n) is 7.55. The average molecular weight is 732 g/mol. The number of benzene rings is 6. The third-order valence-corrected chi connectivity index (χ3v) is 12.1. The Morgan fingerprint density at radius 1 is 0.600 bits per heavy atom. The summed E-state index contributed by atoms with van der Waals surface area (Å²) in [4.78, 5) is 0. The quantitative estimate of drug-likeness (QED) is 0.179. The normalized spacial score (nSPS) is 13.3. The number of aliphatic hydroxyl groups is 1. The van der Waals surface area contributed by atoms with E-state index < -0.39 is 5.60 Å². The Morgan fingerprint density at radius 3 is 1.86 bits per heavy atom. The number of hydrogen-bond acceptors (Lipinski definition) is 3. The summed E-state index contributed by atoms with van der Waals surface area (Å²) in [6.07, 6.45) is 1.89. The van der Waals surface area contributed by atoms with Crippen molar-refractivity contribution >= 4 is 86.2 Å². The van der Waals surface area contributed by atoms with Gasteiger partial charge in [-0.05, 0) is 96.0 Å². The van der Waals surface area contributed by atoms with Gasteiger partial charge in [0.05, 0.1) is 10.9 Å². The molecule has 0 saturated carbocycles. The zero-order valence-electron chi connectivity index (χ0n) is 28.8. The number of thiophene rings is 2. The summed E-state index contributed by atoms with van der Waals surface area (Å²) in [5.41, 5.74) is 8.66. The summed E-state index contributed by atoms with van der Waals surface area (Å²) in [7, 11) is 0. The summed E-state index contributed by atoms with van der Waals surface area (Å²) < 4.78 is 5.47. The Balaban J connectivity index is 0.000000146. The van der Waals surface area contributed by atoms with Crippen LogP contribution in [0.3, 0.4) is 0 Å². The Bertz CT molecular complexity index is 2460. The lowest BCUT2D eigenvalue weighted by Gasteiger charge is -2.35. The second-order valence-corrected chi connectivity index (χ2v) is 17.0. The van der Waals surface area contributed by atoms with E-state index >= 15 is 0 Å². The first-order valence-electron chi connectivity index (χ1n) is 16.9. The minimum Gasteiger partial charge on any atom is -0.386 e. The van der Waals surface area contributed by atoms with Crippen LogP contribution in [0.2, 0.25) is 0 Å². The standard InChI is InChI=1S/C22H20OS.C22H18S.CH2Cl2/c1-22(2,23)19-9-5-3-7-16(19)13-15-11-12-18-17-8-4-6-10-20(17)24-21(18)14-15;1-22(2)18-9-5-3-7-14(18)11-15-12-21-17(13-19(15)22)16-8-4-6-10-20(16)23-21;2-1-3/h3-12,14,23H,13H2,1-2H3;3-10,12-13H,11H2,1-2H3;1H2. The second kappa shape index (κ2) is 14.1. The molecule has 252 valence electrons. The summed E-state index contributed by atoms with van der Waals surface area (Å²) in [6.45, 7) is 8.43. The lowest BCUT2D eigenvalue weighted by molar-refractivity contribution is 0.0777. The first kappa shape index (κ1) is 34.7. The van der Waals surface area contributed by atoms with Crippen LogP contribution in [-0.2, 0) is 23.9 Å². The average Bonchev–Trinajstić information content (AvgIpc) is 3.65. The zero-order valence-corrected chi connectivity index (χ0v) is 31.9. The van der Waals surface area contributed by atoms with Crippen molar-refractivity contribution in [2.45, 2.75) is 51.6 Å². The molecular weight excluding hydrogens is 692 g/mol. The van der Waals surface area contributed by atoms with Gasteiger partial charge in [0, 0.05) is 45.8 Å². The molecule has 0 fully saturated rings. The molecule has 8 aromatic rings. The zero-order chi connectivity index (χ0) is 35.0. The Hall–Kier alpha value is -3.70. The van der Waals surface area contributed by atoms with Crippen LogP contribution in [0.15, 0.2) is 127 Å². The van der Waals surface area contributed by atoms with Crippen molar-refractivity contribution in [3.05, 3.63) is 166 Å². The third kappa shape index (κ3) is 6.70. The molecule has 0 atom stereocenters. The van der Waals surface area contributed by atoms with Crippen molar-refractivity contribution < 1.29 is 5.11 Å². The van der Waals surface area contributed by atoms with Crippen LogP contribution in [0.1, 0.15) is 66.6 Å². The summed E-state index contributed by atoms with van der Waals surface area (Å²) in [5, 5.41) is 16.1. The molecule has 1 aliphatic rings. The number of fused-ring (bicyclic) bond motifs is 8. The molecule has 0 aliphatic heterocycles. The van der Waals surface area contributed by atoms with Crippen molar-refractivity contribution in [3.63, 3.8) is 0 Å². The summed E-state index contributed by atoms with van der Waals surface area (Å²) in [6, 6.07) is 46.1. The van der Waals surface area contributed by atoms with Crippen molar-refractivity contribution in [1.82, 2.24) is 0 Å². The molecule has 0 radical (unpaired) electrons. The molecule has 1 nitrogen and oxygen atoms in total. The maximum Gasteiger partial charge on any atom is 0.0967 e. The highest BCUT2D eigenvalue weighted by Crippen LogP contribution is 2.45. The molecule has 6 aromatic carbocycles. The van der Waals surface area contributed by atoms with Gasteiger partial charge >= 0.3 is 0 Å². The number of rotatable bonds is 3. The van der Waals surface area contributed by atoms with Crippen molar-refractivity contribution in [2.75, 3.05) is 5.34 Å². The fraction of sp³-hybridized carbons (Fsp3) is 0.200. The van der Waals surface area contributed by atoms with Crippen LogP contribution in [0.4, 0.5) is 0 Å². The van der Waals surface area contributed by atoms with Gasteiger partial charge in [-0.1, -0.05) is 111 Å². The molecule has 5 heteroatoms. The smallest absolute Gasteiger partial charge is 0.0967 e. The molecule has 0 spiro atoms. The van der Waals surface area contributed by atoms with E-state index in [0.29, 0.717) is 0 Å². The van der Waals surface area contributed by atoms with E-state index in [1.807, 2.05) is 54.7 Å². The minimum atomic E-state index is -0.821. The highest BCUT2D eigenvalue weighted by atomic mass is 35.5. The molecule has 0 saturated heterocycles. The van der Waals surface area contributed by atoms with Crippen LogP contribution in [-0.4, -0.2) is 10.4 Å². The maximum absolute atomic E-state index is 10.4. The van der Waals surface area contributed by atoms with Crippen LogP contribution in [0, 0.1) is 0 Å². The van der Waals surface area contributed by atoms with Crippen molar-refractivity contribution in [2.24, 2.45) is 0 Å². The fourth-order valence-corrected chi connectivity index (χ4v) is 9.87. The van der Waals surface area contributed by atoms with Gasteiger partial charge in [0.15, 0.2) is 0 Å². The van der Waals surface area contributed by atoms with Gasteiger partial charge in [-0.3, -0.25) is 0 Å². The summed E-state index contributed by atoms with van der Waals surface area (Å²) in [5.74, 6) is 0. The Labute approximate surface area is 312 Å². The van der Waals surface area contributed by atoms with Gasteiger partial charge in [-0.15, -0.1) is 45.9 Å². The van der Waals surface area contributed by atoms with E-state index in [0.717, 1.165) is 18.4 Å². The number of halogens is 2. The molecule has 0 unspecified atom stereocenters. The summed E-state index contributed by atoms with van der Waals surface area (Å²) >= 11 is 13.3. The van der Waals surface area contributed by atoms with E-state index in [9.17, 15) is 5.11 Å². The minimum absolute atomic E-state index is 0.0708. The highest BCUT2D eigenvalue weighted by molar-refractivity contribution is 7.26.